The molecule has 0 bridgehead atoms. The van der Waals surface area contributed by atoms with Crippen LogP contribution in [0.2, 0.25) is 0 Å². The Morgan fingerprint density at radius 2 is 1.79 bits per heavy atom. The van der Waals surface area contributed by atoms with Crippen LogP contribution in [0.3, 0.4) is 0 Å². The molecular formula is C15H24N2O2. The zero-order valence-corrected chi connectivity index (χ0v) is 12.0. The summed E-state index contributed by atoms with van der Waals surface area (Å²) < 4.78 is 0. The van der Waals surface area contributed by atoms with Gasteiger partial charge in [0.2, 0.25) is 11.8 Å². The van der Waals surface area contributed by atoms with Crippen LogP contribution >= 0.6 is 0 Å². The predicted molar refractivity (Wildman–Crippen MR) is 72.4 cm³/mol. The molecule has 0 radical (unpaired) electrons. The van der Waals surface area contributed by atoms with Gasteiger partial charge in [-0.05, 0) is 38.5 Å². The number of hydrogen-bond donors (Lipinski definition) is 0. The van der Waals surface area contributed by atoms with E-state index in [1.807, 2.05) is 23.6 Å². The molecule has 2 amide bonds. The number of carbonyl (C=O) groups excluding carboxylic acids is 2. The summed E-state index contributed by atoms with van der Waals surface area (Å²) in [5.74, 6) is 1.90. The van der Waals surface area contributed by atoms with Gasteiger partial charge in [-0.15, -0.1) is 0 Å². The maximum Gasteiger partial charge on any atom is 0.242 e. The van der Waals surface area contributed by atoms with Crippen molar-refractivity contribution in [1.29, 1.82) is 0 Å². The summed E-state index contributed by atoms with van der Waals surface area (Å²) in [5.41, 5.74) is 0. The Morgan fingerprint density at radius 1 is 1.16 bits per heavy atom. The van der Waals surface area contributed by atoms with Gasteiger partial charge < -0.3 is 9.80 Å². The van der Waals surface area contributed by atoms with E-state index in [0.717, 1.165) is 6.54 Å². The molecule has 1 saturated heterocycles. The molecule has 106 valence electrons. The van der Waals surface area contributed by atoms with E-state index in [2.05, 4.69) is 0 Å². The van der Waals surface area contributed by atoms with E-state index in [1.165, 1.54) is 25.7 Å². The van der Waals surface area contributed by atoms with Crippen molar-refractivity contribution in [2.45, 2.75) is 45.6 Å². The number of fused-ring (bicyclic) bond motifs is 1. The van der Waals surface area contributed by atoms with Gasteiger partial charge in [-0.25, -0.2) is 0 Å². The van der Waals surface area contributed by atoms with Gasteiger partial charge in [-0.3, -0.25) is 9.59 Å². The molecule has 4 nitrogen and oxygen atoms in total. The molecule has 3 rings (SSSR count). The van der Waals surface area contributed by atoms with Crippen LogP contribution in [0.1, 0.15) is 39.5 Å². The van der Waals surface area contributed by atoms with Crippen molar-refractivity contribution in [3.05, 3.63) is 0 Å². The molecule has 0 aromatic carbocycles. The Morgan fingerprint density at radius 3 is 2.32 bits per heavy atom. The average Bonchev–Trinajstić information content (AvgIpc) is 3.11. The van der Waals surface area contributed by atoms with E-state index < -0.39 is 0 Å². The zero-order valence-electron chi connectivity index (χ0n) is 12.0. The third-order valence-electron chi connectivity index (χ3n) is 5.13. The molecule has 0 spiro atoms. The van der Waals surface area contributed by atoms with E-state index in [1.54, 1.807) is 0 Å². The van der Waals surface area contributed by atoms with Crippen LogP contribution in [0, 0.1) is 17.8 Å². The first kappa shape index (κ1) is 12.9. The normalized spacial score (nSPS) is 34.5. The monoisotopic (exact) mass is 264 g/mol. The predicted octanol–water partition coefficient (Wildman–Crippen LogP) is 1.50. The SMILES string of the molecule is CC(C)N1CCN(C(=O)C2C3CCCCC32)CC1=O. The highest BCUT2D eigenvalue weighted by Gasteiger charge is 2.56. The molecule has 0 aromatic heterocycles. The second-order valence-electron chi connectivity index (χ2n) is 6.58. The fraction of sp³-hybridized carbons (Fsp3) is 0.867. The van der Waals surface area contributed by atoms with Crippen molar-refractivity contribution < 1.29 is 9.59 Å². The van der Waals surface area contributed by atoms with Crippen molar-refractivity contribution in [1.82, 2.24) is 9.80 Å². The maximum atomic E-state index is 12.5. The van der Waals surface area contributed by atoms with Gasteiger partial charge in [0.05, 0.1) is 6.54 Å². The smallest absolute Gasteiger partial charge is 0.242 e. The first-order valence-corrected chi connectivity index (χ1v) is 7.68. The van der Waals surface area contributed by atoms with Gasteiger partial charge in [0.15, 0.2) is 0 Å². The highest BCUT2D eigenvalue weighted by Crippen LogP contribution is 2.56. The minimum absolute atomic E-state index is 0.109. The van der Waals surface area contributed by atoms with E-state index in [9.17, 15) is 9.59 Å². The maximum absolute atomic E-state index is 12.5. The Labute approximate surface area is 115 Å². The van der Waals surface area contributed by atoms with Crippen LogP contribution in [0.25, 0.3) is 0 Å². The first-order chi connectivity index (χ1) is 9.09. The van der Waals surface area contributed by atoms with E-state index in [4.69, 9.17) is 0 Å². The van der Waals surface area contributed by atoms with Crippen LogP contribution in [0.4, 0.5) is 0 Å². The number of nitrogens with zero attached hydrogens (tertiary/aromatic N) is 2. The van der Waals surface area contributed by atoms with Crippen LogP contribution in [-0.4, -0.2) is 47.3 Å². The van der Waals surface area contributed by atoms with Gasteiger partial charge in [-0.1, -0.05) is 12.8 Å². The summed E-state index contributed by atoms with van der Waals surface area (Å²) in [7, 11) is 0. The molecule has 0 aromatic rings. The number of carbonyl (C=O) groups is 2. The van der Waals surface area contributed by atoms with Crippen molar-refractivity contribution >= 4 is 11.8 Å². The summed E-state index contributed by atoms with van der Waals surface area (Å²) in [4.78, 5) is 28.2. The minimum Gasteiger partial charge on any atom is -0.337 e. The van der Waals surface area contributed by atoms with Crippen LogP contribution in [0.15, 0.2) is 0 Å². The third-order valence-corrected chi connectivity index (χ3v) is 5.13. The summed E-state index contributed by atoms with van der Waals surface area (Å²) >= 11 is 0. The summed E-state index contributed by atoms with van der Waals surface area (Å²) in [6.45, 7) is 5.78. The quantitative estimate of drug-likeness (QED) is 0.758. The Bertz CT molecular complexity index is 382. The van der Waals surface area contributed by atoms with Crippen LogP contribution in [-0.2, 0) is 9.59 Å². The highest BCUT2D eigenvalue weighted by atomic mass is 16.2. The lowest BCUT2D eigenvalue weighted by molar-refractivity contribution is -0.147. The van der Waals surface area contributed by atoms with E-state index in [0.29, 0.717) is 24.9 Å². The van der Waals surface area contributed by atoms with E-state index in [-0.39, 0.29) is 23.8 Å². The molecule has 0 N–H and O–H groups in total. The zero-order chi connectivity index (χ0) is 13.6. The molecule has 4 heteroatoms. The molecule has 1 heterocycles. The van der Waals surface area contributed by atoms with Gasteiger partial charge in [0, 0.05) is 25.0 Å². The number of piperazine rings is 1. The summed E-state index contributed by atoms with van der Waals surface area (Å²) in [6, 6.07) is 0.244. The molecule has 2 aliphatic carbocycles. The lowest BCUT2D eigenvalue weighted by Crippen LogP contribution is -2.54. The largest absolute Gasteiger partial charge is 0.337 e. The van der Waals surface area contributed by atoms with Crippen LogP contribution in [0.5, 0.6) is 0 Å². The van der Waals surface area contributed by atoms with Gasteiger partial charge in [0.25, 0.3) is 0 Å². The van der Waals surface area contributed by atoms with Gasteiger partial charge in [0.1, 0.15) is 0 Å². The fourth-order valence-corrected chi connectivity index (χ4v) is 3.99. The lowest BCUT2D eigenvalue weighted by atomic mass is 10.0. The molecule has 1 aliphatic heterocycles. The second kappa shape index (κ2) is 4.80. The minimum atomic E-state index is 0.109. The van der Waals surface area contributed by atoms with E-state index >= 15 is 0 Å². The number of rotatable bonds is 2. The number of hydrogen-bond acceptors (Lipinski definition) is 2. The lowest BCUT2D eigenvalue weighted by Gasteiger charge is -2.36. The fourth-order valence-electron chi connectivity index (χ4n) is 3.99. The van der Waals surface area contributed by atoms with Crippen molar-refractivity contribution in [3.8, 4) is 0 Å². The first-order valence-electron chi connectivity index (χ1n) is 7.68. The molecule has 2 atom stereocenters. The van der Waals surface area contributed by atoms with Crippen LogP contribution < -0.4 is 0 Å². The highest BCUT2D eigenvalue weighted by molar-refractivity contribution is 5.88. The number of amides is 2. The van der Waals surface area contributed by atoms with Crippen molar-refractivity contribution in [2.24, 2.45) is 17.8 Å². The molecular weight excluding hydrogens is 240 g/mol. The molecule has 3 fully saturated rings. The molecule has 3 aliphatic rings. The Kier molecular flexibility index (Phi) is 3.27. The molecule has 2 saturated carbocycles. The molecule has 2 unspecified atom stereocenters. The summed E-state index contributed by atoms with van der Waals surface area (Å²) in [5, 5.41) is 0. The van der Waals surface area contributed by atoms with Crippen molar-refractivity contribution in [3.63, 3.8) is 0 Å². The Hall–Kier alpha value is -1.06. The third kappa shape index (κ3) is 2.26. The van der Waals surface area contributed by atoms with Gasteiger partial charge in [-0.2, -0.15) is 0 Å². The Balaban J connectivity index is 1.59. The average molecular weight is 264 g/mol. The summed E-state index contributed by atoms with van der Waals surface area (Å²) in [6.07, 6.45) is 5.01. The standard InChI is InChI=1S/C15H24N2O2/c1-10(2)17-8-7-16(9-13(17)18)15(19)14-11-5-3-4-6-12(11)14/h10-12,14H,3-9H2,1-2H3. The molecule has 19 heavy (non-hydrogen) atoms. The topological polar surface area (TPSA) is 40.6 Å². The second-order valence-corrected chi connectivity index (χ2v) is 6.58. The van der Waals surface area contributed by atoms with Gasteiger partial charge >= 0.3 is 0 Å². The van der Waals surface area contributed by atoms with Crippen molar-refractivity contribution in [2.75, 3.05) is 19.6 Å².